The smallest absolute Gasteiger partial charge is 0.229 e. The first kappa shape index (κ1) is 17.6. The third-order valence-corrected chi connectivity index (χ3v) is 5.06. The van der Waals surface area contributed by atoms with E-state index in [4.69, 9.17) is 4.98 Å². The maximum Gasteiger partial charge on any atom is 0.229 e. The monoisotopic (exact) mass is 376 g/mol. The second-order valence-electron chi connectivity index (χ2n) is 6.53. The van der Waals surface area contributed by atoms with Crippen molar-refractivity contribution in [2.75, 3.05) is 11.6 Å². The number of nitrogens with one attached hydrogen (secondary N) is 1. The first-order chi connectivity index (χ1) is 13.1. The van der Waals surface area contributed by atoms with Crippen LogP contribution in [-0.4, -0.2) is 25.3 Å². The molecule has 4 aromatic rings. The summed E-state index contributed by atoms with van der Waals surface area (Å²) in [6.07, 6.45) is 5.53. The molecule has 27 heavy (non-hydrogen) atoms. The summed E-state index contributed by atoms with van der Waals surface area (Å²) in [6, 6.07) is 18.2. The zero-order chi connectivity index (χ0) is 18.8. The SMILES string of the molecule is Cc1ccc(Nc2ncc3ccn(-c4ccc(C[S+](C)[O-])cc4)c3n2)cc1. The standard InChI is InChI=1S/C21H20N4OS/c1-15-3-7-18(8-4-15)23-21-22-13-17-11-12-25(20(17)24-21)19-9-5-16(6-10-19)14-27(2)26/h3-13H,14H2,1-2H3,(H,22,23,24). The van der Waals surface area contributed by atoms with E-state index in [1.165, 1.54) is 5.56 Å². The van der Waals surface area contributed by atoms with E-state index in [0.717, 1.165) is 28.0 Å². The molecule has 1 N–H and O–H groups in total. The highest BCUT2D eigenvalue weighted by molar-refractivity contribution is 7.89. The minimum Gasteiger partial charge on any atom is -0.616 e. The average molecular weight is 376 g/mol. The molecule has 0 fully saturated rings. The third kappa shape index (κ3) is 3.97. The van der Waals surface area contributed by atoms with Gasteiger partial charge >= 0.3 is 0 Å². The lowest BCUT2D eigenvalue weighted by Gasteiger charge is -2.09. The molecule has 0 aliphatic carbocycles. The van der Waals surface area contributed by atoms with Crippen molar-refractivity contribution in [1.82, 2.24) is 14.5 Å². The zero-order valence-corrected chi connectivity index (χ0v) is 16.0. The highest BCUT2D eigenvalue weighted by Crippen LogP contribution is 2.22. The van der Waals surface area contributed by atoms with E-state index in [9.17, 15) is 4.55 Å². The van der Waals surface area contributed by atoms with Crippen LogP contribution in [0, 0.1) is 6.92 Å². The van der Waals surface area contributed by atoms with Crippen LogP contribution in [-0.2, 0) is 16.9 Å². The van der Waals surface area contributed by atoms with Crippen LogP contribution < -0.4 is 5.32 Å². The number of anilines is 2. The second kappa shape index (κ2) is 7.42. The van der Waals surface area contributed by atoms with Crippen molar-refractivity contribution in [2.24, 2.45) is 0 Å². The topological polar surface area (TPSA) is 65.8 Å². The molecule has 0 radical (unpaired) electrons. The number of aryl methyl sites for hydroxylation is 1. The fraction of sp³-hybridized carbons (Fsp3) is 0.143. The van der Waals surface area contributed by atoms with E-state index in [1.807, 2.05) is 59.4 Å². The van der Waals surface area contributed by atoms with Gasteiger partial charge in [0.25, 0.3) is 0 Å². The number of benzene rings is 2. The number of rotatable bonds is 5. The first-order valence-electron chi connectivity index (χ1n) is 8.65. The lowest BCUT2D eigenvalue weighted by molar-refractivity contribution is 0.600. The summed E-state index contributed by atoms with van der Waals surface area (Å²) >= 11 is -0.842. The Morgan fingerprint density at radius 2 is 1.78 bits per heavy atom. The van der Waals surface area contributed by atoms with E-state index in [-0.39, 0.29) is 0 Å². The van der Waals surface area contributed by atoms with Gasteiger partial charge in [-0.25, -0.2) is 4.98 Å². The van der Waals surface area contributed by atoms with E-state index < -0.39 is 11.2 Å². The van der Waals surface area contributed by atoms with Crippen molar-refractivity contribution < 1.29 is 4.55 Å². The molecule has 0 amide bonds. The van der Waals surface area contributed by atoms with Crippen LogP contribution in [0.4, 0.5) is 11.6 Å². The summed E-state index contributed by atoms with van der Waals surface area (Å²) in [5.41, 5.74) is 5.07. The van der Waals surface area contributed by atoms with E-state index >= 15 is 0 Å². The van der Waals surface area contributed by atoms with Gasteiger partial charge in [0.2, 0.25) is 5.95 Å². The molecule has 2 heterocycles. The minimum atomic E-state index is -0.842. The Hall–Kier alpha value is -2.83. The lowest BCUT2D eigenvalue weighted by atomic mass is 10.2. The molecule has 0 saturated carbocycles. The Kier molecular flexibility index (Phi) is 4.83. The molecule has 5 nitrogen and oxygen atoms in total. The molecule has 136 valence electrons. The highest BCUT2D eigenvalue weighted by atomic mass is 32.2. The summed E-state index contributed by atoms with van der Waals surface area (Å²) in [4.78, 5) is 9.10. The van der Waals surface area contributed by atoms with Gasteiger partial charge in [-0.2, -0.15) is 4.98 Å². The fourth-order valence-corrected chi connectivity index (χ4v) is 3.60. The molecule has 1 unspecified atom stereocenters. The number of nitrogens with zero attached hydrogens (tertiary/aromatic N) is 3. The Labute approximate surface area is 161 Å². The predicted molar refractivity (Wildman–Crippen MR) is 111 cm³/mol. The fourth-order valence-electron chi connectivity index (χ4n) is 2.94. The summed E-state index contributed by atoms with van der Waals surface area (Å²) < 4.78 is 13.4. The maximum absolute atomic E-state index is 11.4. The third-order valence-electron chi connectivity index (χ3n) is 4.32. The van der Waals surface area contributed by atoms with Crippen LogP contribution >= 0.6 is 0 Å². The molecule has 6 heteroatoms. The van der Waals surface area contributed by atoms with Gasteiger partial charge in [0.05, 0.1) is 6.26 Å². The van der Waals surface area contributed by atoms with Crippen LogP contribution in [0.1, 0.15) is 11.1 Å². The molecule has 0 bridgehead atoms. The maximum atomic E-state index is 11.4. The largest absolute Gasteiger partial charge is 0.616 e. The molecule has 0 saturated heterocycles. The quantitative estimate of drug-likeness (QED) is 0.526. The van der Waals surface area contributed by atoms with Gasteiger partial charge < -0.3 is 14.4 Å². The van der Waals surface area contributed by atoms with Gasteiger partial charge in [-0.05, 0) is 37.3 Å². The Morgan fingerprint density at radius 1 is 1.04 bits per heavy atom. The van der Waals surface area contributed by atoms with Gasteiger partial charge in [-0.15, -0.1) is 0 Å². The van der Waals surface area contributed by atoms with Gasteiger partial charge in [0, 0.05) is 34.7 Å². The number of hydrogen-bond acceptors (Lipinski definition) is 4. The van der Waals surface area contributed by atoms with Gasteiger partial charge in [0.1, 0.15) is 11.4 Å². The van der Waals surface area contributed by atoms with Crippen LogP contribution in [0.5, 0.6) is 0 Å². The second-order valence-corrected chi connectivity index (χ2v) is 7.97. The molecule has 1 atom stereocenters. The predicted octanol–water partition coefficient (Wildman–Crippen LogP) is 4.35. The average Bonchev–Trinajstić information content (AvgIpc) is 3.07. The summed E-state index contributed by atoms with van der Waals surface area (Å²) in [6.45, 7) is 2.06. The van der Waals surface area contributed by atoms with Crippen molar-refractivity contribution in [3.05, 3.63) is 78.1 Å². The molecular weight excluding hydrogens is 356 g/mol. The summed E-state index contributed by atoms with van der Waals surface area (Å²) in [7, 11) is 0. The van der Waals surface area contributed by atoms with Crippen molar-refractivity contribution in [3.63, 3.8) is 0 Å². The Bertz CT molecular complexity index is 1060. The molecule has 4 rings (SSSR count). The highest BCUT2D eigenvalue weighted by Gasteiger charge is 2.08. The van der Waals surface area contributed by atoms with E-state index in [1.54, 1.807) is 6.26 Å². The Morgan fingerprint density at radius 3 is 2.48 bits per heavy atom. The molecular formula is C21H20N4OS. The van der Waals surface area contributed by atoms with Crippen LogP contribution in [0.15, 0.2) is 67.0 Å². The number of fused-ring (bicyclic) bond motifs is 1. The summed E-state index contributed by atoms with van der Waals surface area (Å²) in [5.74, 6) is 1.13. The van der Waals surface area contributed by atoms with E-state index in [0.29, 0.717) is 11.7 Å². The molecule has 2 aromatic carbocycles. The van der Waals surface area contributed by atoms with Gasteiger partial charge in [-0.3, -0.25) is 0 Å². The normalized spacial score (nSPS) is 12.3. The number of hydrogen-bond donors (Lipinski definition) is 1. The minimum absolute atomic E-state index is 0.560. The lowest BCUT2D eigenvalue weighted by Crippen LogP contribution is -2.02. The van der Waals surface area contributed by atoms with Gasteiger partial charge in [0.15, 0.2) is 0 Å². The van der Waals surface area contributed by atoms with Crippen molar-refractivity contribution in [3.8, 4) is 5.69 Å². The van der Waals surface area contributed by atoms with Crippen molar-refractivity contribution in [1.29, 1.82) is 0 Å². The van der Waals surface area contributed by atoms with Crippen LogP contribution in [0.3, 0.4) is 0 Å². The summed E-state index contributed by atoms with van der Waals surface area (Å²) in [5, 5.41) is 4.23. The zero-order valence-electron chi connectivity index (χ0n) is 15.2. The van der Waals surface area contributed by atoms with E-state index in [2.05, 4.69) is 29.4 Å². The van der Waals surface area contributed by atoms with Crippen molar-refractivity contribution in [2.45, 2.75) is 12.7 Å². The molecule has 0 aliphatic heterocycles. The Balaban J connectivity index is 1.64. The van der Waals surface area contributed by atoms with Crippen LogP contribution in [0.25, 0.3) is 16.7 Å². The van der Waals surface area contributed by atoms with Gasteiger partial charge in [-0.1, -0.05) is 41.0 Å². The molecule has 0 aliphatic rings. The number of aromatic nitrogens is 3. The van der Waals surface area contributed by atoms with Crippen LogP contribution in [0.2, 0.25) is 0 Å². The molecule has 0 spiro atoms. The first-order valence-corrected chi connectivity index (χ1v) is 10.4. The van der Waals surface area contributed by atoms with Crippen molar-refractivity contribution >= 4 is 33.8 Å². The molecule has 2 aromatic heterocycles.